The van der Waals surface area contributed by atoms with Crippen LogP contribution in [0.2, 0.25) is 0 Å². The number of nitrogens with two attached hydrogens (primary N) is 1. The van der Waals surface area contributed by atoms with Gasteiger partial charge in [0.1, 0.15) is 0 Å². The zero-order valence-corrected chi connectivity index (χ0v) is 11.7. The Hall–Kier alpha value is -0.120. The minimum Gasteiger partial charge on any atom is -0.375 e. The topological polar surface area (TPSA) is 38.5 Å². The Morgan fingerprint density at radius 3 is 2.83 bits per heavy atom. The molecule has 1 saturated carbocycles. The molecule has 0 aromatic carbocycles. The second kappa shape index (κ2) is 5.10. The molecule has 1 spiro atoms. The van der Waals surface area contributed by atoms with Crippen LogP contribution in [0.5, 0.6) is 0 Å². The zero-order chi connectivity index (χ0) is 12.6. The first-order valence-electron chi connectivity index (χ1n) is 7.86. The summed E-state index contributed by atoms with van der Waals surface area (Å²) < 4.78 is 6.05. The fourth-order valence-electron chi connectivity index (χ4n) is 4.08. The Labute approximate surface area is 111 Å². The molecule has 0 radical (unpaired) electrons. The summed E-state index contributed by atoms with van der Waals surface area (Å²) in [7, 11) is 0. The lowest BCUT2D eigenvalue weighted by Crippen LogP contribution is -2.56. The second-order valence-corrected chi connectivity index (χ2v) is 6.65. The molecule has 0 amide bonds. The molecule has 0 aromatic rings. The minimum atomic E-state index is 0.282. The first kappa shape index (κ1) is 12.9. The summed E-state index contributed by atoms with van der Waals surface area (Å²) in [5.74, 6) is 0.707. The maximum atomic E-state index is 6.22. The smallest absolute Gasteiger partial charge is 0.0697 e. The number of rotatable bonds is 2. The average molecular weight is 252 g/mol. The van der Waals surface area contributed by atoms with Crippen molar-refractivity contribution < 1.29 is 4.74 Å². The highest BCUT2D eigenvalue weighted by Crippen LogP contribution is 2.43. The van der Waals surface area contributed by atoms with E-state index in [1.807, 2.05) is 0 Å². The fourth-order valence-corrected chi connectivity index (χ4v) is 4.08. The molecule has 3 nitrogen and oxygen atoms in total. The highest BCUT2D eigenvalue weighted by molar-refractivity contribution is 4.98. The van der Waals surface area contributed by atoms with Crippen LogP contribution in [0.3, 0.4) is 0 Å². The summed E-state index contributed by atoms with van der Waals surface area (Å²) in [6, 6.07) is 1.20. The van der Waals surface area contributed by atoms with Gasteiger partial charge in [-0.05, 0) is 51.0 Å². The predicted molar refractivity (Wildman–Crippen MR) is 73.5 cm³/mol. The van der Waals surface area contributed by atoms with Gasteiger partial charge in [-0.1, -0.05) is 13.3 Å². The Morgan fingerprint density at radius 2 is 2.17 bits per heavy atom. The molecule has 0 bridgehead atoms. The molecule has 3 aliphatic rings. The van der Waals surface area contributed by atoms with Crippen LogP contribution in [0, 0.1) is 5.92 Å². The van der Waals surface area contributed by atoms with Gasteiger partial charge in [-0.2, -0.15) is 0 Å². The summed E-state index contributed by atoms with van der Waals surface area (Å²) >= 11 is 0. The maximum absolute atomic E-state index is 6.22. The van der Waals surface area contributed by atoms with E-state index in [2.05, 4.69) is 11.8 Å². The van der Waals surface area contributed by atoms with Gasteiger partial charge in [0.2, 0.25) is 0 Å². The Balaban J connectivity index is 1.60. The largest absolute Gasteiger partial charge is 0.375 e. The van der Waals surface area contributed by atoms with E-state index in [4.69, 9.17) is 10.5 Å². The van der Waals surface area contributed by atoms with Gasteiger partial charge in [0.05, 0.1) is 5.60 Å². The van der Waals surface area contributed by atoms with Crippen molar-refractivity contribution in [2.45, 2.75) is 69.6 Å². The summed E-state index contributed by atoms with van der Waals surface area (Å²) in [4.78, 5) is 2.72. The van der Waals surface area contributed by atoms with Gasteiger partial charge in [0.25, 0.3) is 0 Å². The van der Waals surface area contributed by atoms with Crippen molar-refractivity contribution in [3.8, 4) is 0 Å². The van der Waals surface area contributed by atoms with E-state index in [1.54, 1.807) is 0 Å². The van der Waals surface area contributed by atoms with E-state index >= 15 is 0 Å². The number of hydrogen-bond acceptors (Lipinski definition) is 3. The lowest BCUT2D eigenvalue weighted by molar-refractivity contribution is -0.151. The molecule has 2 saturated heterocycles. The SMILES string of the molecule is CCC1CN(C2CCOC3(CCC3)C2)CCC1N. The zero-order valence-electron chi connectivity index (χ0n) is 11.7. The van der Waals surface area contributed by atoms with E-state index in [0.29, 0.717) is 12.0 Å². The van der Waals surface area contributed by atoms with Gasteiger partial charge in [-0.3, -0.25) is 4.90 Å². The Morgan fingerprint density at radius 1 is 1.33 bits per heavy atom. The quantitative estimate of drug-likeness (QED) is 0.818. The molecule has 18 heavy (non-hydrogen) atoms. The molecule has 1 aliphatic carbocycles. The van der Waals surface area contributed by atoms with Crippen molar-refractivity contribution in [1.29, 1.82) is 0 Å². The second-order valence-electron chi connectivity index (χ2n) is 6.65. The standard InChI is InChI=1S/C15H28N2O/c1-2-12-11-17(8-4-14(12)16)13-5-9-18-15(10-13)6-3-7-15/h12-14H,2-11,16H2,1H3. The third-order valence-corrected chi connectivity index (χ3v) is 5.60. The van der Waals surface area contributed by atoms with E-state index in [1.165, 1.54) is 58.0 Å². The van der Waals surface area contributed by atoms with E-state index in [0.717, 1.165) is 12.6 Å². The summed E-state index contributed by atoms with van der Waals surface area (Å²) in [5.41, 5.74) is 6.50. The van der Waals surface area contributed by atoms with Gasteiger partial charge in [0.15, 0.2) is 0 Å². The third kappa shape index (κ3) is 2.33. The normalized spacial score (nSPS) is 40.7. The molecule has 104 valence electrons. The molecule has 2 aliphatic heterocycles. The number of nitrogens with zero attached hydrogens (tertiary/aromatic N) is 1. The van der Waals surface area contributed by atoms with Crippen LogP contribution in [-0.4, -0.2) is 42.3 Å². The first-order valence-corrected chi connectivity index (χ1v) is 7.86. The third-order valence-electron chi connectivity index (χ3n) is 5.60. The molecule has 3 rings (SSSR count). The molecule has 3 atom stereocenters. The van der Waals surface area contributed by atoms with E-state index < -0.39 is 0 Å². The molecule has 2 heterocycles. The lowest BCUT2D eigenvalue weighted by Gasteiger charge is -2.51. The Bertz CT molecular complexity index is 290. The molecular formula is C15H28N2O. The number of likely N-dealkylation sites (tertiary alicyclic amines) is 1. The summed E-state index contributed by atoms with van der Waals surface area (Å²) in [6.45, 7) is 5.69. The fraction of sp³-hybridized carbons (Fsp3) is 1.00. The highest BCUT2D eigenvalue weighted by atomic mass is 16.5. The monoisotopic (exact) mass is 252 g/mol. The van der Waals surface area contributed by atoms with Crippen molar-refractivity contribution in [3.05, 3.63) is 0 Å². The Kier molecular flexibility index (Phi) is 3.65. The van der Waals surface area contributed by atoms with Crippen molar-refractivity contribution in [2.24, 2.45) is 11.7 Å². The van der Waals surface area contributed by atoms with Gasteiger partial charge in [0, 0.05) is 25.2 Å². The van der Waals surface area contributed by atoms with Gasteiger partial charge >= 0.3 is 0 Å². The molecular weight excluding hydrogens is 224 g/mol. The molecule has 3 fully saturated rings. The number of hydrogen-bond donors (Lipinski definition) is 1. The van der Waals surface area contributed by atoms with Crippen LogP contribution in [0.1, 0.15) is 51.9 Å². The summed E-state index contributed by atoms with van der Waals surface area (Å²) in [5, 5.41) is 0. The minimum absolute atomic E-state index is 0.282. The molecule has 3 unspecified atom stereocenters. The van der Waals surface area contributed by atoms with Gasteiger partial charge < -0.3 is 10.5 Å². The summed E-state index contributed by atoms with van der Waals surface area (Å²) in [6.07, 6.45) is 8.89. The van der Waals surface area contributed by atoms with Crippen molar-refractivity contribution in [1.82, 2.24) is 4.90 Å². The molecule has 3 heteroatoms. The van der Waals surface area contributed by atoms with Crippen LogP contribution < -0.4 is 5.73 Å². The van der Waals surface area contributed by atoms with E-state index in [9.17, 15) is 0 Å². The van der Waals surface area contributed by atoms with Gasteiger partial charge in [-0.25, -0.2) is 0 Å². The molecule has 2 N–H and O–H groups in total. The van der Waals surface area contributed by atoms with Crippen LogP contribution in [0.15, 0.2) is 0 Å². The van der Waals surface area contributed by atoms with Gasteiger partial charge in [-0.15, -0.1) is 0 Å². The highest BCUT2D eigenvalue weighted by Gasteiger charge is 2.44. The van der Waals surface area contributed by atoms with Crippen LogP contribution in [0.25, 0.3) is 0 Å². The average Bonchev–Trinajstić information content (AvgIpc) is 2.37. The lowest BCUT2D eigenvalue weighted by atomic mass is 9.73. The van der Waals surface area contributed by atoms with Crippen molar-refractivity contribution >= 4 is 0 Å². The first-order chi connectivity index (χ1) is 8.72. The maximum Gasteiger partial charge on any atom is 0.0697 e. The number of piperidine rings is 1. The van der Waals surface area contributed by atoms with Crippen molar-refractivity contribution in [2.75, 3.05) is 19.7 Å². The molecule has 0 aromatic heterocycles. The van der Waals surface area contributed by atoms with Crippen LogP contribution >= 0.6 is 0 Å². The van der Waals surface area contributed by atoms with Crippen LogP contribution in [-0.2, 0) is 4.74 Å². The number of ether oxygens (including phenoxy) is 1. The van der Waals surface area contributed by atoms with E-state index in [-0.39, 0.29) is 5.60 Å². The van der Waals surface area contributed by atoms with Crippen LogP contribution in [0.4, 0.5) is 0 Å². The predicted octanol–water partition coefficient (Wildman–Crippen LogP) is 2.15. The van der Waals surface area contributed by atoms with Crippen molar-refractivity contribution in [3.63, 3.8) is 0 Å².